The molecule has 19 heavy (non-hydrogen) atoms. The quantitative estimate of drug-likeness (QED) is 0.778. The van der Waals surface area contributed by atoms with Crippen LogP contribution in [0.2, 0.25) is 0 Å². The fourth-order valence-corrected chi connectivity index (χ4v) is 1.77. The van der Waals surface area contributed by atoms with Crippen molar-refractivity contribution in [3.8, 4) is 0 Å². The van der Waals surface area contributed by atoms with Crippen LogP contribution in [-0.2, 0) is 0 Å². The summed E-state index contributed by atoms with van der Waals surface area (Å²) in [7, 11) is 0. The van der Waals surface area contributed by atoms with Crippen LogP contribution in [0, 0.1) is 5.82 Å². The van der Waals surface area contributed by atoms with Crippen molar-refractivity contribution in [3.05, 3.63) is 30.1 Å². The summed E-state index contributed by atoms with van der Waals surface area (Å²) < 4.78 is 49.2. The summed E-state index contributed by atoms with van der Waals surface area (Å²) in [6.45, 7) is 1.27. The van der Waals surface area contributed by atoms with E-state index in [0.717, 1.165) is 0 Å². The largest absolute Gasteiger partial charge is 0.394 e. The Morgan fingerprint density at radius 2 is 1.89 bits per heavy atom. The highest BCUT2D eigenvalue weighted by Gasteiger charge is 2.29. The molecule has 0 spiro atoms. The fourth-order valence-electron chi connectivity index (χ4n) is 1.77. The van der Waals surface area contributed by atoms with Gasteiger partial charge >= 0.3 is 6.18 Å². The number of anilines is 1. The van der Waals surface area contributed by atoms with E-state index in [2.05, 4.69) is 5.32 Å². The molecule has 0 amide bonds. The van der Waals surface area contributed by atoms with Crippen molar-refractivity contribution in [2.45, 2.75) is 37.9 Å². The van der Waals surface area contributed by atoms with Crippen LogP contribution in [0.4, 0.5) is 23.2 Å². The maximum absolute atomic E-state index is 13.0. The van der Waals surface area contributed by atoms with Gasteiger partial charge in [0.1, 0.15) is 5.82 Å². The van der Waals surface area contributed by atoms with E-state index in [4.69, 9.17) is 0 Å². The zero-order chi connectivity index (χ0) is 14.5. The predicted octanol–water partition coefficient (Wildman–Crippen LogP) is 3.72. The second-order valence-electron chi connectivity index (χ2n) is 4.82. The van der Waals surface area contributed by atoms with E-state index < -0.39 is 24.0 Å². The highest BCUT2D eigenvalue weighted by Crippen LogP contribution is 2.26. The third-order valence-electron chi connectivity index (χ3n) is 2.81. The molecule has 0 fully saturated rings. The van der Waals surface area contributed by atoms with Crippen LogP contribution in [-0.4, -0.2) is 23.4 Å². The predicted molar refractivity (Wildman–Crippen MR) is 65.4 cm³/mol. The third-order valence-corrected chi connectivity index (χ3v) is 2.81. The Morgan fingerprint density at radius 3 is 2.42 bits per heavy atom. The average Bonchev–Trinajstić information content (AvgIpc) is 2.27. The third kappa shape index (κ3) is 5.92. The van der Waals surface area contributed by atoms with Gasteiger partial charge in [-0.3, -0.25) is 0 Å². The van der Waals surface area contributed by atoms with Gasteiger partial charge in [-0.2, -0.15) is 13.2 Å². The van der Waals surface area contributed by atoms with Gasteiger partial charge in [-0.25, -0.2) is 4.39 Å². The second kappa shape index (κ2) is 6.23. The Labute approximate surface area is 109 Å². The summed E-state index contributed by atoms with van der Waals surface area (Å²) in [4.78, 5) is 0. The van der Waals surface area contributed by atoms with Gasteiger partial charge in [0.05, 0.1) is 12.1 Å². The van der Waals surface area contributed by atoms with E-state index in [1.807, 2.05) is 0 Å². The number of rotatable bonds is 6. The van der Waals surface area contributed by atoms with Crippen LogP contribution in [0.25, 0.3) is 0 Å². The Hall–Kier alpha value is -1.30. The zero-order valence-corrected chi connectivity index (χ0v) is 10.6. The first kappa shape index (κ1) is 15.8. The van der Waals surface area contributed by atoms with Gasteiger partial charge in [-0.05, 0) is 38.0 Å². The number of alkyl halides is 3. The van der Waals surface area contributed by atoms with Crippen molar-refractivity contribution in [3.63, 3.8) is 0 Å². The number of hydrogen-bond donors (Lipinski definition) is 2. The minimum absolute atomic E-state index is 0.0944. The summed E-state index contributed by atoms with van der Waals surface area (Å²) in [5.41, 5.74) is -0.470. The molecule has 0 saturated carbocycles. The number of aliphatic hydroxyl groups is 1. The Bertz CT molecular complexity index is 408. The molecule has 0 aliphatic carbocycles. The molecule has 0 radical (unpaired) electrons. The average molecular weight is 279 g/mol. The molecular formula is C13H17F4NO. The first-order chi connectivity index (χ1) is 8.74. The van der Waals surface area contributed by atoms with Gasteiger partial charge < -0.3 is 10.4 Å². The molecule has 0 aliphatic heterocycles. The SMILES string of the molecule is CC(CO)(CCCC(F)(F)F)Nc1cccc(F)c1. The molecule has 108 valence electrons. The second-order valence-corrected chi connectivity index (χ2v) is 4.82. The lowest BCUT2D eigenvalue weighted by atomic mass is 9.95. The number of halogens is 4. The maximum Gasteiger partial charge on any atom is 0.389 e. The maximum atomic E-state index is 13.0. The molecule has 0 bridgehead atoms. The molecule has 1 aromatic rings. The van der Waals surface area contributed by atoms with E-state index >= 15 is 0 Å². The van der Waals surface area contributed by atoms with Crippen molar-refractivity contribution in [2.75, 3.05) is 11.9 Å². The Balaban J connectivity index is 2.60. The molecule has 1 unspecified atom stereocenters. The van der Waals surface area contributed by atoms with E-state index in [0.29, 0.717) is 5.69 Å². The lowest BCUT2D eigenvalue weighted by Crippen LogP contribution is -2.39. The van der Waals surface area contributed by atoms with Crippen LogP contribution in [0.15, 0.2) is 24.3 Å². The first-order valence-corrected chi connectivity index (χ1v) is 5.95. The Kier molecular flexibility index (Phi) is 5.17. The summed E-state index contributed by atoms with van der Waals surface area (Å²) in [6.07, 6.45) is -5.05. The van der Waals surface area contributed by atoms with Gasteiger partial charge in [-0.1, -0.05) is 6.07 Å². The van der Waals surface area contributed by atoms with Crippen LogP contribution in [0.5, 0.6) is 0 Å². The molecule has 0 saturated heterocycles. The minimum Gasteiger partial charge on any atom is -0.394 e. The lowest BCUT2D eigenvalue weighted by Gasteiger charge is -2.30. The molecule has 2 N–H and O–H groups in total. The van der Waals surface area contributed by atoms with Crippen molar-refractivity contribution >= 4 is 5.69 Å². The van der Waals surface area contributed by atoms with Gasteiger partial charge in [-0.15, -0.1) is 0 Å². The highest BCUT2D eigenvalue weighted by atomic mass is 19.4. The molecule has 0 heterocycles. The molecule has 2 nitrogen and oxygen atoms in total. The van der Waals surface area contributed by atoms with Crippen molar-refractivity contribution in [1.82, 2.24) is 0 Å². The lowest BCUT2D eigenvalue weighted by molar-refractivity contribution is -0.136. The van der Waals surface area contributed by atoms with Crippen LogP contribution in [0.1, 0.15) is 26.2 Å². The smallest absolute Gasteiger partial charge is 0.389 e. The molecule has 0 aromatic heterocycles. The topological polar surface area (TPSA) is 32.3 Å². The van der Waals surface area contributed by atoms with Crippen LogP contribution >= 0.6 is 0 Å². The first-order valence-electron chi connectivity index (χ1n) is 5.95. The van der Waals surface area contributed by atoms with Crippen molar-refractivity contribution in [1.29, 1.82) is 0 Å². The Morgan fingerprint density at radius 1 is 1.21 bits per heavy atom. The summed E-state index contributed by atoms with van der Waals surface area (Å²) in [5.74, 6) is -0.444. The molecular weight excluding hydrogens is 262 g/mol. The van der Waals surface area contributed by atoms with Crippen molar-refractivity contribution in [2.24, 2.45) is 0 Å². The molecule has 0 aliphatic rings. The zero-order valence-electron chi connectivity index (χ0n) is 10.6. The highest BCUT2D eigenvalue weighted by molar-refractivity contribution is 5.45. The van der Waals surface area contributed by atoms with Gasteiger partial charge in [0.2, 0.25) is 0 Å². The fraction of sp³-hybridized carbons (Fsp3) is 0.538. The van der Waals surface area contributed by atoms with Gasteiger partial charge in [0, 0.05) is 12.1 Å². The van der Waals surface area contributed by atoms with E-state index in [1.165, 1.54) is 18.2 Å². The van der Waals surface area contributed by atoms with E-state index in [1.54, 1.807) is 13.0 Å². The number of aliphatic hydroxyl groups excluding tert-OH is 1. The molecule has 1 rings (SSSR count). The van der Waals surface area contributed by atoms with E-state index in [9.17, 15) is 22.7 Å². The standard InChI is InChI=1S/C13H17F4NO/c1-12(9-19,6-3-7-13(15,16)17)18-11-5-2-4-10(14)8-11/h2,4-5,8,18-19H,3,6-7,9H2,1H3. The molecule has 6 heteroatoms. The number of hydrogen-bond acceptors (Lipinski definition) is 2. The molecule has 1 aromatic carbocycles. The minimum atomic E-state index is -4.20. The normalized spacial score (nSPS) is 15.1. The van der Waals surface area contributed by atoms with Gasteiger partial charge in [0.15, 0.2) is 0 Å². The monoisotopic (exact) mass is 279 g/mol. The van der Waals surface area contributed by atoms with Crippen LogP contribution < -0.4 is 5.32 Å². The van der Waals surface area contributed by atoms with Crippen LogP contribution in [0.3, 0.4) is 0 Å². The summed E-state index contributed by atoms with van der Waals surface area (Å²) in [6, 6.07) is 5.59. The number of benzene rings is 1. The molecule has 1 atom stereocenters. The summed E-state index contributed by atoms with van der Waals surface area (Å²) >= 11 is 0. The van der Waals surface area contributed by atoms with Gasteiger partial charge in [0.25, 0.3) is 0 Å². The number of nitrogens with one attached hydrogen (secondary N) is 1. The van der Waals surface area contributed by atoms with Crippen molar-refractivity contribution < 1.29 is 22.7 Å². The van der Waals surface area contributed by atoms with E-state index in [-0.39, 0.29) is 19.4 Å². The summed E-state index contributed by atoms with van der Waals surface area (Å²) in [5, 5.41) is 12.2.